The van der Waals surface area contributed by atoms with Crippen LogP contribution in [-0.2, 0) is 0 Å². The molecule has 0 aromatic rings. The third-order valence-electron chi connectivity index (χ3n) is 6.92. The molecular weight excluding hydrogens is 300 g/mol. The number of fused-ring (bicyclic) bond motifs is 4. The van der Waals surface area contributed by atoms with E-state index in [2.05, 4.69) is 68.7 Å². The molecule has 0 aromatic carbocycles. The van der Waals surface area contributed by atoms with Crippen molar-refractivity contribution in [2.45, 2.75) is 39.0 Å². The monoisotopic (exact) mass is 330 g/mol. The number of allylic oxidation sites excluding steroid dienone is 12. The van der Waals surface area contributed by atoms with Gasteiger partial charge in [0.05, 0.1) is 0 Å². The quantitative estimate of drug-likeness (QED) is 0.503. The Morgan fingerprint density at radius 2 is 1.96 bits per heavy atom. The fraction of sp³-hybridized carbons (Fsp3) is 0.440. The molecule has 0 fully saturated rings. The largest absolute Gasteiger partial charge is 0.102 e. The van der Waals surface area contributed by atoms with Gasteiger partial charge in [0.1, 0.15) is 0 Å². The molecule has 0 spiro atoms. The molecule has 0 N–H and O–H groups in total. The molecule has 0 radical (unpaired) electrons. The van der Waals surface area contributed by atoms with Crippen molar-refractivity contribution in [1.29, 1.82) is 0 Å². The Balaban J connectivity index is 1.82. The first-order chi connectivity index (χ1) is 12.3. The summed E-state index contributed by atoms with van der Waals surface area (Å²) in [5, 5.41) is 0. The summed E-state index contributed by atoms with van der Waals surface area (Å²) in [7, 11) is 0. The van der Waals surface area contributed by atoms with Gasteiger partial charge in [-0.1, -0.05) is 66.3 Å². The van der Waals surface area contributed by atoms with Gasteiger partial charge in [0.2, 0.25) is 0 Å². The number of hydrogen-bond acceptors (Lipinski definition) is 0. The van der Waals surface area contributed by atoms with Crippen LogP contribution < -0.4 is 0 Å². The molecule has 130 valence electrons. The normalized spacial score (nSPS) is 36.9. The minimum Gasteiger partial charge on any atom is -0.102 e. The van der Waals surface area contributed by atoms with E-state index in [0.29, 0.717) is 23.7 Å². The van der Waals surface area contributed by atoms with Crippen molar-refractivity contribution in [1.82, 2.24) is 0 Å². The SMILES string of the molecule is C=CC1=CC=CC2CCC3=C(C12)C1C(CC=C(/C=C\C)C1C=C)CC3. The zero-order chi connectivity index (χ0) is 17.4. The average molecular weight is 331 g/mol. The molecule has 0 saturated carbocycles. The first-order valence-corrected chi connectivity index (χ1v) is 9.96. The summed E-state index contributed by atoms with van der Waals surface area (Å²) in [5.41, 5.74) is 6.44. The molecule has 0 heteroatoms. The van der Waals surface area contributed by atoms with Gasteiger partial charge in [0.15, 0.2) is 0 Å². The molecular formula is C25H30. The summed E-state index contributed by atoms with van der Waals surface area (Å²) in [4.78, 5) is 0. The van der Waals surface area contributed by atoms with E-state index < -0.39 is 0 Å². The molecule has 0 nitrogen and oxygen atoms in total. The number of rotatable bonds is 3. The van der Waals surface area contributed by atoms with Crippen LogP contribution in [-0.4, -0.2) is 0 Å². The summed E-state index contributed by atoms with van der Waals surface area (Å²) in [5.74, 6) is 3.12. The second-order valence-electron chi connectivity index (χ2n) is 8.02. The molecule has 5 atom stereocenters. The molecule has 0 bridgehead atoms. The van der Waals surface area contributed by atoms with Crippen molar-refractivity contribution in [3.63, 3.8) is 0 Å². The predicted molar refractivity (Wildman–Crippen MR) is 108 cm³/mol. The zero-order valence-corrected chi connectivity index (χ0v) is 15.5. The van der Waals surface area contributed by atoms with Crippen LogP contribution in [0.5, 0.6) is 0 Å². The van der Waals surface area contributed by atoms with Crippen LogP contribution in [0.25, 0.3) is 0 Å². The molecule has 4 aliphatic rings. The highest BCUT2D eigenvalue weighted by molar-refractivity contribution is 5.45. The van der Waals surface area contributed by atoms with Gasteiger partial charge < -0.3 is 0 Å². The lowest BCUT2D eigenvalue weighted by Crippen LogP contribution is -2.39. The maximum atomic E-state index is 4.24. The highest BCUT2D eigenvalue weighted by atomic mass is 14.5. The summed E-state index contributed by atoms with van der Waals surface area (Å²) in [6, 6.07) is 0. The van der Waals surface area contributed by atoms with Gasteiger partial charge >= 0.3 is 0 Å². The van der Waals surface area contributed by atoms with Crippen molar-refractivity contribution in [3.05, 3.63) is 84.1 Å². The van der Waals surface area contributed by atoms with Crippen LogP contribution in [0.3, 0.4) is 0 Å². The third kappa shape index (κ3) is 2.67. The van der Waals surface area contributed by atoms with Gasteiger partial charge in [-0.05, 0) is 67.9 Å². The molecule has 25 heavy (non-hydrogen) atoms. The van der Waals surface area contributed by atoms with Gasteiger partial charge in [0, 0.05) is 11.8 Å². The Kier molecular flexibility index (Phi) is 4.54. The molecule has 0 aromatic heterocycles. The third-order valence-corrected chi connectivity index (χ3v) is 6.92. The molecule has 0 heterocycles. The fourth-order valence-electron chi connectivity index (χ4n) is 5.89. The van der Waals surface area contributed by atoms with Gasteiger partial charge in [0.25, 0.3) is 0 Å². The average Bonchev–Trinajstić information content (AvgIpc) is 2.66. The Bertz CT molecular complexity index is 721. The smallest absolute Gasteiger partial charge is 0.0117 e. The Hall–Kier alpha value is -1.82. The van der Waals surface area contributed by atoms with Crippen molar-refractivity contribution < 1.29 is 0 Å². The highest BCUT2D eigenvalue weighted by Crippen LogP contribution is 2.56. The first kappa shape index (κ1) is 16.6. The maximum Gasteiger partial charge on any atom is 0.0117 e. The van der Waals surface area contributed by atoms with E-state index in [4.69, 9.17) is 0 Å². The van der Waals surface area contributed by atoms with Crippen molar-refractivity contribution in [3.8, 4) is 0 Å². The minimum absolute atomic E-state index is 0.468. The minimum atomic E-state index is 0.468. The van der Waals surface area contributed by atoms with E-state index in [1.165, 1.54) is 43.3 Å². The summed E-state index contributed by atoms with van der Waals surface area (Å²) in [6.07, 6.45) is 24.8. The molecule has 4 rings (SSSR count). The van der Waals surface area contributed by atoms with Crippen molar-refractivity contribution in [2.24, 2.45) is 29.6 Å². The van der Waals surface area contributed by atoms with Crippen molar-refractivity contribution >= 4 is 0 Å². The molecule has 0 aliphatic heterocycles. The predicted octanol–water partition coefficient (Wildman–Crippen LogP) is 6.73. The topological polar surface area (TPSA) is 0 Å². The lowest BCUT2D eigenvalue weighted by molar-refractivity contribution is 0.233. The van der Waals surface area contributed by atoms with Crippen LogP contribution in [0.1, 0.15) is 39.0 Å². The van der Waals surface area contributed by atoms with Crippen LogP contribution in [0.2, 0.25) is 0 Å². The lowest BCUT2D eigenvalue weighted by atomic mass is 9.55. The van der Waals surface area contributed by atoms with E-state index >= 15 is 0 Å². The second kappa shape index (κ2) is 6.83. The Morgan fingerprint density at radius 3 is 2.72 bits per heavy atom. The van der Waals surface area contributed by atoms with Crippen LogP contribution in [0.4, 0.5) is 0 Å². The fourth-order valence-corrected chi connectivity index (χ4v) is 5.89. The lowest BCUT2D eigenvalue weighted by Gasteiger charge is -2.49. The summed E-state index contributed by atoms with van der Waals surface area (Å²) < 4.78 is 0. The standard InChI is InChI=1S/C25H30/c1-4-8-18-11-12-20-14-16-21-15-13-19-10-7-9-17(5-2)23(19)25(21)24(20)22(18)6-3/h4-11,19-20,22-24H,2-3,12-16H2,1H3/b8-4-. The number of hydrogen-bond donors (Lipinski definition) is 0. The molecule has 4 aliphatic carbocycles. The summed E-state index contributed by atoms with van der Waals surface area (Å²) in [6.45, 7) is 10.5. The molecule has 0 saturated heterocycles. The van der Waals surface area contributed by atoms with Gasteiger partial charge in [-0.2, -0.15) is 0 Å². The van der Waals surface area contributed by atoms with Gasteiger partial charge in [-0.3, -0.25) is 0 Å². The summed E-state index contributed by atoms with van der Waals surface area (Å²) >= 11 is 0. The molecule has 5 unspecified atom stereocenters. The Morgan fingerprint density at radius 1 is 1.12 bits per heavy atom. The van der Waals surface area contributed by atoms with E-state index in [9.17, 15) is 0 Å². The van der Waals surface area contributed by atoms with E-state index in [1.54, 1.807) is 11.1 Å². The van der Waals surface area contributed by atoms with Gasteiger partial charge in [-0.15, -0.1) is 6.58 Å². The second-order valence-corrected chi connectivity index (χ2v) is 8.02. The highest BCUT2D eigenvalue weighted by Gasteiger charge is 2.45. The Labute approximate surface area is 153 Å². The van der Waals surface area contributed by atoms with Crippen LogP contribution in [0.15, 0.2) is 84.1 Å². The van der Waals surface area contributed by atoms with Crippen LogP contribution >= 0.6 is 0 Å². The zero-order valence-electron chi connectivity index (χ0n) is 15.5. The van der Waals surface area contributed by atoms with E-state index in [0.717, 1.165) is 5.92 Å². The van der Waals surface area contributed by atoms with E-state index in [1.807, 2.05) is 0 Å². The van der Waals surface area contributed by atoms with Crippen molar-refractivity contribution in [2.75, 3.05) is 0 Å². The first-order valence-electron chi connectivity index (χ1n) is 9.96. The molecule has 0 amide bonds. The van der Waals surface area contributed by atoms with Gasteiger partial charge in [-0.25, -0.2) is 0 Å². The van der Waals surface area contributed by atoms with E-state index in [-0.39, 0.29) is 0 Å². The maximum absolute atomic E-state index is 4.24. The van der Waals surface area contributed by atoms with Crippen LogP contribution in [0, 0.1) is 29.6 Å².